The molecule has 2 rings (SSSR count). The Morgan fingerprint density at radius 3 is 2.42 bits per heavy atom. The van der Waals surface area contributed by atoms with Gasteiger partial charge in [-0.2, -0.15) is 4.31 Å². The number of rotatable bonds is 6. The standard InChI is InChI=1S/C17H18ClNO4S/c1-3-19(12-13-7-5-4-6-8-13)24(21,22)14-9-10-16(18)15(11-14)17(20)23-2/h4-11H,3,12H2,1-2H3. The molecular weight excluding hydrogens is 350 g/mol. The lowest BCUT2D eigenvalue weighted by molar-refractivity contribution is 0.0600. The minimum absolute atomic E-state index is 0.00470. The Balaban J connectivity index is 2.39. The molecule has 0 amide bonds. The molecule has 0 atom stereocenters. The summed E-state index contributed by atoms with van der Waals surface area (Å²) in [6.07, 6.45) is 0. The quantitative estimate of drug-likeness (QED) is 0.734. The van der Waals surface area contributed by atoms with E-state index in [1.165, 1.54) is 29.6 Å². The molecule has 0 aromatic heterocycles. The maximum absolute atomic E-state index is 12.9. The van der Waals surface area contributed by atoms with E-state index < -0.39 is 16.0 Å². The molecule has 24 heavy (non-hydrogen) atoms. The van der Waals surface area contributed by atoms with Crippen molar-refractivity contribution < 1.29 is 17.9 Å². The summed E-state index contributed by atoms with van der Waals surface area (Å²) < 4.78 is 31.7. The summed E-state index contributed by atoms with van der Waals surface area (Å²) in [5, 5.41) is 0.145. The number of carbonyl (C=O) groups excluding carboxylic acids is 1. The molecule has 0 aliphatic carbocycles. The van der Waals surface area contributed by atoms with Crippen LogP contribution in [0.2, 0.25) is 5.02 Å². The van der Waals surface area contributed by atoms with Crippen molar-refractivity contribution in [1.29, 1.82) is 0 Å². The summed E-state index contributed by atoms with van der Waals surface area (Å²) in [4.78, 5) is 11.7. The maximum atomic E-state index is 12.9. The van der Waals surface area contributed by atoms with Crippen LogP contribution < -0.4 is 0 Å². The van der Waals surface area contributed by atoms with Crippen LogP contribution in [0.15, 0.2) is 53.4 Å². The molecule has 0 heterocycles. The monoisotopic (exact) mass is 367 g/mol. The molecule has 0 fully saturated rings. The van der Waals surface area contributed by atoms with Gasteiger partial charge in [0.15, 0.2) is 0 Å². The Labute approximate surface area is 146 Å². The van der Waals surface area contributed by atoms with Crippen LogP contribution in [0.5, 0.6) is 0 Å². The van der Waals surface area contributed by atoms with Crippen molar-refractivity contribution in [2.24, 2.45) is 0 Å². The Morgan fingerprint density at radius 2 is 1.83 bits per heavy atom. The fourth-order valence-electron chi connectivity index (χ4n) is 2.23. The number of sulfonamides is 1. The van der Waals surface area contributed by atoms with Crippen molar-refractivity contribution in [2.75, 3.05) is 13.7 Å². The second-order valence-corrected chi connectivity index (χ2v) is 7.40. The second kappa shape index (κ2) is 7.79. The molecule has 0 aliphatic rings. The van der Waals surface area contributed by atoms with Gasteiger partial charge in [-0.25, -0.2) is 13.2 Å². The molecule has 0 saturated heterocycles. The van der Waals surface area contributed by atoms with Crippen LogP contribution in [0, 0.1) is 0 Å². The third kappa shape index (κ3) is 3.95. The van der Waals surface area contributed by atoms with E-state index in [4.69, 9.17) is 11.6 Å². The number of hydrogen-bond donors (Lipinski definition) is 0. The Hall–Kier alpha value is -1.89. The molecule has 0 radical (unpaired) electrons. The fourth-order valence-corrected chi connectivity index (χ4v) is 3.89. The molecule has 5 nitrogen and oxygen atoms in total. The highest BCUT2D eigenvalue weighted by atomic mass is 35.5. The molecule has 0 unspecified atom stereocenters. The average molecular weight is 368 g/mol. The van der Waals surface area contributed by atoms with Gasteiger partial charge in [0, 0.05) is 13.1 Å². The number of halogens is 1. The largest absolute Gasteiger partial charge is 0.465 e. The zero-order valence-corrected chi connectivity index (χ0v) is 15.0. The van der Waals surface area contributed by atoms with E-state index in [0.717, 1.165) is 5.56 Å². The summed E-state index contributed by atoms with van der Waals surface area (Å²) in [7, 11) is -2.55. The van der Waals surface area contributed by atoms with Gasteiger partial charge in [-0.05, 0) is 23.8 Å². The van der Waals surface area contributed by atoms with Gasteiger partial charge in [0.25, 0.3) is 0 Å². The van der Waals surface area contributed by atoms with Crippen LogP contribution in [0.25, 0.3) is 0 Å². The van der Waals surface area contributed by atoms with Crippen LogP contribution in [0.1, 0.15) is 22.8 Å². The summed E-state index contributed by atoms with van der Waals surface area (Å²) in [5.41, 5.74) is 0.904. The lowest BCUT2D eigenvalue weighted by atomic mass is 10.2. The number of methoxy groups -OCH3 is 1. The highest BCUT2D eigenvalue weighted by Gasteiger charge is 2.25. The summed E-state index contributed by atoms with van der Waals surface area (Å²) >= 11 is 5.95. The normalized spacial score (nSPS) is 11.5. The topological polar surface area (TPSA) is 63.7 Å². The number of hydrogen-bond acceptors (Lipinski definition) is 4. The van der Waals surface area contributed by atoms with E-state index in [9.17, 15) is 13.2 Å². The van der Waals surface area contributed by atoms with Gasteiger partial charge in [-0.1, -0.05) is 48.9 Å². The Kier molecular flexibility index (Phi) is 5.99. The molecule has 0 aliphatic heterocycles. The summed E-state index contributed by atoms with van der Waals surface area (Å²) in [5.74, 6) is -0.678. The molecule has 0 saturated carbocycles. The van der Waals surface area contributed by atoms with Crippen molar-refractivity contribution in [3.05, 3.63) is 64.7 Å². The third-order valence-corrected chi connectivity index (χ3v) is 5.78. The van der Waals surface area contributed by atoms with Crippen molar-refractivity contribution >= 4 is 27.6 Å². The van der Waals surface area contributed by atoms with Crippen molar-refractivity contribution in [1.82, 2.24) is 4.31 Å². The molecule has 2 aromatic carbocycles. The predicted molar refractivity (Wildman–Crippen MR) is 92.5 cm³/mol. The number of carbonyl (C=O) groups is 1. The lowest BCUT2D eigenvalue weighted by Gasteiger charge is -2.21. The number of esters is 1. The molecule has 128 valence electrons. The van der Waals surface area contributed by atoms with E-state index in [1.807, 2.05) is 30.3 Å². The van der Waals surface area contributed by atoms with Crippen LogP contribution in [0.4, 0.5) is 0 Å². The van der Waals surface area contributed by atoms with Crippen LogP contribution in [0.3, 0.4) is 0 Å². The van der Waals surface area contributed by atoms with Crippen molar-refractivity contribution in [2.45, 2.75) is 18.4 Å². The Bertz CT molecular complexity index is 822. The highest BCUT2D eigenvalue weighted by Crippen LogP contribution is 2.24. The van der Waals surface area contributed by atoms with Gasteiger partial charge in [0.1, 0.15) is 0 Å². The van der Waals surface area contributed by atoms with E-state index in [0.29, 0.717) is 6.54 Å². The van der Waals surface area contributed by atoms with E-state index in [1.54, 1.807) is 6.92 Å². The summed E-state index contributed by atoms with van der Waals surface area (Å²) in [6, 6.07) is 13.3. The number of benzene rings is 2. The zero-order valence-electron chi connectivity index (χ0n) is 13.4. The highest BCUT2D eigenvalue weighted by molar-refractivity contribution is 7.89. The first-order valence-corrected chi connectivity index (χ1v) is 9.14. The molecule has 0 N–H and O–H groups in total. The second-order valence-electron chi connectivity index (χ2n) is 5.05. The molecule has 2 aromatic rings. The Morgan fingerprint density at radius 1 is 1.17 bits per heavy atom. The van der Waals surface area contributed by atoms with Gasteiger partial charge in [-0.3, -0.25) is 0 Å². The minimum Gasteiger partial charge on any atom is -0.465 e. The van der Waals surface area contributed by atoms with Crippen molar-refractivity contribution in [3.63, 3.8) is 0 Å². The van der Waals surface area contributed by atoms with E-state index in [-0.39, 0.29) is 22.0 Å². The van der Waals surface area contributed by atoms with Gasteiger partial charge < -0.3 is 4.74 Å². The molecular formula is C17H18ClNO4S. The maximum Gasteiger partial charge on any atom is 0.339 e. The first kappa shape index (κ1) is 18.4. The molecule has 0 bridgehead atoms. The van der Waals surface area contributed by atoms with Crippen molar-refractivity contribution in [3.8, 4) is 0 Å². The fraction of sp³-hybridized carbons (Fsp3) is 0.235. The summed E-state index contributed by atoms with van der Waals surface area (Å²) in [6.45, 7) is 2.31. The smallest absolute Gasteiger partial charge is 0.339 e. The van der Waals surface area contributed by atoms with Crippen LogP contribution >= 0.6 is 11.6 Å². The van der Waals surface area contributed by atoms with E-state index in [2.05, 4.69) is 4.74 Å². The number of nitrogens with zero attached hydrogens (tertiary/aromatic N) is 1. The van der Waals surface area contributed by atoms with Gasteiger partial charge in [0.05, 0.1) is 22.6 Å². The SMILES string of the molecule is CCN(Cc1ccccc1)S(=O)(=O)c1ccc(Cl)c(C(=O)OC)c1. The van der Waals surface area contributed by atoms with Crippen LogP contribution in [-0.2, 0) is 21.3 Å². The minimum atomic E-state index is -3.76. The average Bonchev–Trinajstić information content (AvgIpc) is 2.59. The third-order valence-electron chi connectivity index (χ3n) is 3.54. The van der Waals surface area contributed by atoms with Gasteiger partial charge >= 0.3 is 5.97 Å². The predicted octanol–water partition coefficient (Wildman–Crippen LogP) is 3.34. The molecule has 0 spiro atoms. The van der Waals surface area contributed by atoms with Crippen LogP contribution in [-0.4, -0.2) is 32.3 Å². The zero-order chi connectivity index (χ0) is 17.7. The lowest BCUT2D eigenvalue weighted by Crippen LogP contribution is -2.30. The van der Waals surface area contributed by atoms with Gasteiger partial charge in [-0.15, -0.1) is 0 Å². The first-order chi connectivity index (χ1) is 11.4. The van der Waals surface area contributed by atoms with Gasteiger partial charge in [0.2, 0.25) is 10.0 Å². The first-order valence-electron chi connectivity index (χ1n) is 7.32. The number of ether oxygens (including phenoxy) is 1. The molecule has 7 heteroatoms. The van der Waals surface area contributed by atoms with E-state index >= 15 is 0 Å².